The van der Waals surface area contributed by atoms with Crippen LogP contribution in [-0.4, -0.2) is 23.1 Å². The summed E-state index contributed by atoms with van der Waals surface area (Å²) in [6.45, 7) is 1.88. The minimum absolute atomic E-state index is 0.158. The third kappa shape index (κ3) is 2.62. The largest absolute Gasteiger partial charge is 0.478 e. The average molecular weight is 327 g/mol. The van der Waals surface area contributed by atoms with Gasteiger partial charge in [-0.2, -0.15) is 0 Å². The molecule has 0 unspecified atom stereocenters. The number of benzene rings is 2. The van der Waals surface area contributed by atoms with Crippen molar-refractivity contribution in [3.05, 3.63) is 64.8 Å². The maximum atomic E-state index is 11.7. The molecular weight excluding hydrogens is 312 g/mol. The molecule has 3 aromatic rings. The first-order valence-corrected chi connectivity index (χ1v) is 7.48. The lowest BCUT2D eigenvalue weighted by atomic mass is 10.0. The van der Waals surface area contributed by atoms with Gasteiger partial charge in [0.1, 0.15) is 5.56 Å². The Bertz CT molecular complexity index is 894. The zero-order chi connectivity index (χ0) is 16.6. The summed E-state index contributed by atoms with van der Waals surface area (Å²) in [5.41, 5.74) is 3.21. The topological polar surface area (TPSA) is 53.4 Å². The molecule has 1 N–H and O–H groups in total. The van der Waals surface area contributed by atoms with Crippen molar-refractivity contribution in [3.8, 4) is 0 Å². The Labute approximate surface area is 139 Å². The molecular formula is C18H15ClN2O2. The third-order valence-electron chi connectivity index (χ3n) is 3.91. The molecule has 0 bridgehead atoms. The number of aromatic carboxylic acids is 1. The quantitative estimate of drug-likeness (QED) is 0.760. The second-order valence-electron chi connectivity index (χ2n) is 5.29. The highest BCUT2D eigenvalue weighted by Gasteiger charge is 2.20. The molecule has 0 fully saturated rings. The number of anilines is 2. The maximum absolute atomic E-state index is 11.7. The minimum Gasteiger partial charge on any atom is -0.478 e. The number of carboxylic acids is 1. The lowest BCUT2D eigenvalue weighted by Crippen LogP contribution is -2.15. The number of aromatic nitrogens is 1. The summed E-state index contributed by atoms with van der Waals surface area (Å²) >= 11 is 6.17. The van der Waals surface area contributed by atoms with E-state index in [1.54, 1.807) is 6.07 Å². The fraction of sp³-hybridized carbons (Fsp3) is 0.111. The van der Waals surface area contributed by atoms with Crippen molar-refractivity contribution < 1.29 is 9.90 Å². The highest BCUT2D eigenvalue weighted by Crippen LogP contribution is 2.36. The van der Waals surface area contributed by atoms with Crippen molar-refractivity contribution in [1.29, 1.82) is 0 Å². The Morgan fingerprint density at radius 1 is 1.17 bits per heavy atom. The summed E-state index contributed by atoms with van der Waals surface area (Å²) in [6, 6.07) is 13.2. The lowest BCUT2D eigenvalue weighted by molar-refractivity contribution is 0.0697. The van der Waals surface area contributed by atoms with Crippen molar-refractivity contribution in [3.63, 3.8) is 0 Å². The van der Waals surface area contributed by atoms with Crippen LogP contribution < -0.4 is 4.90 Å². The molecule has 0 amide bonds. The van der Waals surface area contributed by atoms with Crippen LogP contribution in [0.3, 0.4) is 0 Å². The number of carboxylic acid groups (broad SMARTS) is 1. The number of pyridine rings is 1. The number of rotatable bonds is 3. The molecule has 0 saturated heterocycles. The zero-order valence-electron chi connectivity index (χ0n) is 12.7. The molecule has 0 radical (unpaired) electrons. The van der Waals surface area contributed by atoms with Gasteiger partial charge in [-0.15, -0.1) is 0 Å². The number of hydrogen-bond donors (Lipinski definition) is 1. The van der Waals surface area contributed by atoms with Crippen LogP contribution >= 0.6 is 11.6 Å². The first-order chi connectivity index (χ1) is 11.0. The fourth-order valence-corrected chi connectivity index (χ4v) is 2.82. The number of fused-ring (bicyclic) bond motifs is 1. The standard InChI is InChI=1S/C18H15ClN2O2/c1-11-15(19)9-8-13-16(11)20-10-14(18(22)23)17(13)21(2)12-6-4-3-5-7-12/h3-10H,1-2H3,(H,22,23). The van der Waals surface area contributed by atoms with Crippen LogP contribution in [0.5, 0.6) is 0 Å². The average Bonchev–Trinajstić information content (AvgIpc) is 2.57. The van der Waals surface area contributed by atoms with Crippen LogP contribution in [0.25, 0.3) is 10.9 Å². The molecule has 3 rings (SSSR count). The summed E-state index contributed by atoms with van der Waals surface area (Å²) in [4.78, 5) is 17.8. The van der Waals surface area contributed by atoms with E-state index in [0.29, 0.717) is 16.2 Å². The Morgan fingerprint density at radius 3 is 2.52 bits per heavy atom. The van der Waals surface area contributed by atoms with Gasteiger partial charge < -0.3 is 10.0 Å². The Kier molecular flexibility index (Phi) is 3.92. The van der Waals surface area contributed by atoms with Crippen LogP contribution in [0.2, 0.25) is 5.02 Å². The highest BCUT2D eigenvalue weighted by atomic mass is 35.5. The van der Waals surface area contributed by atoms with Gasteiger partial charge in [-0.25, -0.2) is 4.79 Å². The van der Waals surface area contributed by atoms with E-state index in [-0.39, 0.29) is 5.56 Å². The van der Waals surface area contributed by atoms with Crippen molar-refractivity contribution in [1.82, 2.24) is 4.98 Å². The summed E-state index contributed by atoms with van der Waals surface area (Å²) < 4.78 is 0. The molecule has 5 heteroatoms. The molecule has 1 heterocycles. The number of carbonyl (C=O) groups is 1. The molecule has 1 aromatic heterocycles. The van der Waals surface area contributed by atoms with Gasteiger partial charge in [-0.1, -0.05) is 29.8 Å². The summed E-state index contributed by atoms with van der Waals surface area (Å²) in [6.07, 6.45) is 1.39. The van der Waals surface area contributed by atoms with Crippen molar-refractivity contribution in [2.24, 2.45) is 0 Å². The molecule has 0 saturated carbocycles. The van der Waals surface area contributed by atoms with Crippen molar-refractivity contribution in [2.45, 2.75) is 6.92 Å². The Balaban J connectivity index is 2.34. The number of aryl methyl sites for hydroxylation is 1. The predicted molar refractivity (Wildman–Crippen MR) is 93.0 cm³/mol. The molecule has 0 atom stereocenters. The van der Waals surface area contributed by atoms with Gasteiger partial charge in [0.25, 0.3) is 0 Å². The van der Waals surface area contributed by atoms with Crippen LogP contribution in [-0.2, 0) is 0 Å². The molecule has 0 spiro atoms. The van der Waals surface area contributed by atoms with Gasteiger partial charge in [-0.05, 0) is 36.8 Å². The van der Waals surface area contributed by atoms with Gasteiger partial charge in [0.2, 0.25) is 0 Å². The molecule has 0 aliphatic rings. The molecule has 23 heavy (non-hydrogen) atoms. The molecule has 0 aliphatic heterocycles. The van der Waals surface area contributed by atoms with Gasteiger partial charge in [0.05, 0.1) is 11.2 Å². The molecule has 0 aliphatic carbocycles. The van der Waals surface area contributed by atoms with Gasteiger partial charge in [0.15, 0.2) is 0 Å². The van der Waals surface area contributed by atoms with Gasteiger partial charge >= 0.3 is 5.97 Å². The number of hydrogen-bond acceptors (Lipinski definition) is 3. The van der Waals surface area contributed by atoms with E-state index in [9.17, 15) is 9.90 Å². The monoisotopic (exact) mass is 326 g/mol. The lowest BCUT2D eigenvalue weighted by Gasteiger charge is -2.23. The van der Waals surface area contributed by atoms with E-state index in [2.05, 4.69) is 4.98 Å². The van der Waals surface area contributed by atoms with Crippen molar-refractivity contribution >= 4 is 39.8 Å². The second kappa shape index (κ2) is 5.89. The Hall–Kier alpha value is -2.59. The highest BCUT2D eigenvalue weighted by molar-refractivity contribution is 6.32. The van der Waals surface area contributed by atoms with E-state index in [1.807, 2.05) is 55.3 Å². The SMILES string of the molecule is Cc1c(Cl)ccc2c(N(C)c3ccccc3)c(C(=O)O)cnc12. The zero-order valence-corrected chi connectivity index (χ0v) is 13.5. The summed E-state index contributed by atoms with van der Waals surface area (Å²) in [5.74, 6) is -1.01. The molecule has 2 aromatic carbocycles. The minimum atomic E-state index is -1.01. The molecule has 116 valence electrons. The van der Waals surface area contributed by atoms with Gasteiger partial charge in [-0.3, -0.25) is 4.98 Å². The van der Waals surface area contributed by atoms with E-state index in [4.69, 9.17) is 11.6 Å². The van der Waals surface area contributed by atoms with Crippen molar-refractivity contribution in [2.75, 3.05) is 11.9 Å². The van der Waals surface area contributed by atoms with Crippen LogP contribution in [0, 0.1) is 6.92 Å². The van der Waals surface area contributed by atoms with E-state index >= 15 is 0 Å². The number of para-hydroxylation sites is 1. The van der Waals surface area contributed by atoms with Crippen LogP contribution in [0.15, 0.2) is 48.7 Å². The van der Waals surface area contributed by atoms with Crippen LogP contribution in [0.1, 0.15) is 15.9 Å². The Morgan fingerprint density at radius 2 is 1.87 bits per heavy atom. The third-order valence-corrected chi connectivity index (χ3v) is 4.32. The van der Waals surface area contributed by atoms with Crippen LogP contribution in [0.4, 0.5) is 11.4 Å². The summed E-state index contributed by atoms with van der Waals surface area (Å²) in [5, 5.41) is 10.9. The predicted octanol–water partition coefficient (Wildman–Crippen LogP) is 4.66. The smallest absolute Gasteiger partial charge is 0.339 e. The number of halogens is 1. The first-order valence-electron chi connectivity index (χ1n) is 7.10. The molecule has 4 nitrogen and oxygen atoms in total. The second-order valence-corrected chi connectivity index (χ2v) is 5.70. The maximum Gasteiger partial charge on any atom is 0.339 e. The van der Waals surface area contributed by atoms with E-state index in [1.165, 1.54) is 6.20 Å². The fourth-order valence-electron chi connectivity index (χ4n) is 2.67. The normalized spacial score (nSPS) is 10.7. The first kappa shape index (κ1) is 15.3. The summed E-state index contributed by atoms with van der Waals surface area (Å²) in [7, 11) is 1.85. The van der Waals surface area contributed by atoms with E-state index in [0.717, 1.165) is 16.6 Å². The van der Waals surface area contributed by atoms with Gasteiger partial charge in [0, 0.05) is 29.3 Å². The number of nitrogens with zero attached hydrogens (tertiary/aromatic N) is 2. The van der Waals surface area contributed by atoms with E-state index < -0.39 is 5.97 Å².